The van der Waals surface area contributed by atoms with Crippen molar-refractivity contribution < 1.29 is 18.7 Å². The molecule has 0 bridgehead atoms. The molecule has 0 saturated carbocycles. The summed E-state index contributed by atoms with van der Waals surface area (Å²) in [5, 5.41) is 7.96. The van der Waals surface area contributed by atoms with Crippen molar-refractivity contribution in [2.24, 2.45) is 7.05 Å². The number of carbonyl (C=O) groups is 1. The highest BCUT2D eigenvalue weighted by atomic mass is 19.1. The normalized spacial score (nSPS) is 20.4. The Hall–Kier alpha value is -2.48. The van der Waals surface area contributed by atoms with E-state index in [-0.39, 0.29) is 23.5 Å². The molecule has 1 amide bonds. The summed E-state index contributed by atoms with van der Waals surface area (Å²) in [6.07, 6.45) is 2.02. The number of halogens is 1. The fraction of sp³-hybridized carbons (Fsp3) is 0.438. The zero-order valence-electron chi connectivity index (χ0n) is 13.8. The number of methoxy groups -OCH3 is 2. The van der Waals surface area contributed by atoms with Crippen molar-refractivity contribution in [1.29, 1.82) is 0 Å². The molecule has 0 N–H and O–H groups in total. The van der Waals surface area contributed by atoms with E-state index in [0.29, 0.717) is 18.8 Å². The molecule has 2 aromatic rings. The number of benzene rings is 1. The lowest BCUT2D eigenvalue weighted by Gasteiger charge is -2.24. The average Bonchev–Trinajstić information content (AvgIpc) is 3.20. The highest BCUT2D eigenvalue weighted by molar-refractivity contribution is 5.95. The average molecular weight is 334 g/mol. The Morgan fingerprint density at radius 1 is 1.38 bits per heavy atom. The highest BCUT2D eigenvalue weighted by Crippen LogP contribution is 2.34. The molecule has 8 heteroatoms. The second kappa shape index (κ2) is 6.56. The predicted molar refractivity (Wildman–Crippen MR) is 83.1 cm³/mol. The molecule has 24 heavy (non-hydrogen) atoms. The zero-order valence-corrected chi connectivity index (χ0v) is 13.8. The molecule has 2 atom stereocenters. The monoisotopic (exact) mass is 334 g/mol. The van der Waals surface area contributed by atoms with E-state index in [1.165, 1.54) is 19.2 Å². The zero-order chi connectivity index (χ0) is 17.3. The molecule has 128 valence electrons. The van der Waals surface area contributed by atoms with Crippen LogP contribution in [-0.2, 0) is 11.8 Å². The van der Waals surface area contributed by atoms with E-state index in [2.05, 4.69) is 10.2 Å². The Bertz CT molecular complexity index is 749. The van der Waals surface area contributed by atoms with Crippen LogP contribution in [0.1, 0.15) is 28.6 Å². The molecule has 1 aromatic carbocycles. The lowest BCUT2D eigenvalue weighted by Crippen LogP contribution is -2.33. The van der Waals surface area contributed by atoms with Crippen LogP contribution in [0.5, 0.6) is 5.75 Å². The van der Waals surface area contributed by atoms with E-state index in [9.17, 15) is 9.18 Å². The Balaban J connectivity index is 1.96. The van der Waals surface area contributed by atoms with E-state index in [1.54, 1.807) is 29.0 Å². The van der Waals surface area contributed by atoms with Crippen molar-refractivity contribution in [2.75, 3.05) is 20.8 Å². The van der Waals surface area contributed by atoms with Crippen LogP contribution in [0.15, 0.2) is 24.5 Å². The van der Waals surface area contributed by atoms with Gasteiger partial charge < -0.3 is 18.9 Å². The van der Waals surface area contributed by atoms with Gasteiger partial charge in [0.05, 0.1) is 24.8 Å². The molecule has 1 aliphatic rings. The summed E-state index contributed by atoms with van der Waals surface area (Å²) in [6.45, 7) is 0.365. The Morgan fingerprint density at radius 3 is 2.79 bits per heavy atom. The lowest BCUT2D eigenvalue weighted by molar-refractivity contribution is 0.0677. The summed E-state index contributed by atoms with van der Waals surface area (Å²) >= 11 is 0. The molecule has 2 heterocycles. The molecule has 3 rings (SSSR count). The number of aromatic nitrogens is 3. The number of rotatable bonds is 4. The van der Waals surface area contributed by atoms with Crippen molar-refractivity contribution in [2.45, 2.75) is 18.6 Å². The summed E-state index contributed by atoms with van der Waals surface area (Å²) in [4.78, 5) is 14.5. The molecule has 0 aliphatic carbocycles. The molecule has 1 aliphatic heterocycles. The van der Waals surface area contributed by atoms with Gasteiger partial charge in [-0.05, 0) is 12.1 Å². The largest absolute Gasteiger partial charge is 0.494 e. The first-order valence-electron chi connectivity index (χ1n) is 7.57. The number of hydrogen-bond donors (Lipinski definition) is 0. The van der Waals surface area contributed by atoms with E-state index >= 15 is 0 Å². The third-order valence-electron chi connectivity index (χ3n) is 4.31. The minimum absolute atomic E-state index is 0.0294. The third-order valence-corrected chi connectivity index (χ3v) is 4.31. The van der Waals surface area contributed by atoms with Crippen LogP contribution >= 0.6 is 0 Å². The van der Waals surface area contributed by atoms with Crippen molar-refractivity contribution in [1.82, 2.24) is 19.7 Å². The number of aryl methyl sites for hydroxylation is 1. The molecule has 1 saturated heterocycles. The number of hydrogen-bond acceptors (Lipinski definition) is 5. The molecule has 1 aromatic heterocycles. The van der Waals surface area contributed by atoms with Crippen molar-refractivity contribution in [3.8, 4) is 5.75 Å². The standard InChI is InChI=1S/C16H19FN4O3/c1-20-9-18-19-15(20)12-7-10(23-2)8-21(12)16(22)11-5-4-6-13(24-3)14(11)17/h4-6,9-10,12H,7-8H2,1-3H3/t10-,12+/m1/s1. The summed E-state index contributed by atoms with van der Waals surface area (Å²) in [6, 6.07) is 4.21. The highest BCUT2D eigenvalue weighted by Gasteiger charge is 2.39. The molecule has 1 fully saturated rings. The van der Waals surface area contributed by atoms with Crippen LogP contribution < -0.4 is 4.74 Å². The van der Waals surface area contributed by atoms with Gasteiger partial charge in [-0.1, -0.05) is 6.07 Å². The number of amides is 1. The molecular weight excluding hydrogens is 315 g/mol. The number of carbonyl (C=O) groups excluding carboxylic acids is 1. The summed E-state index contributed by atoms with van der Waals surface area (Å²) in [5.41, 5.74) is -0.0294. The van der Waals surface area contributed by atoms with Gasteiger partial charge in [-0.25, -0.2) is 4.39 Å². The Kier molecular flexibility index (Phi) is 4.48. The van der Waals surface area contributed by atoms with Gasteiger partial charge in [0.25, 0.3) is 5.91 Å². The van der Waals surface area contributed by atoms with Gasteiger partial charge in [-0.15, -0.1) is 10.2 Å². The maximum absolute atomic E-state index is 14.5. The van der Waals surface area contributed by atoms with E-state index in [0.717, 1.165) is 0 Å². The predicted octanol–water partition coefficient (Wildman–Crippen LogP) is 1.56. The van der Waals surface area contributed by atoms with Gasteiger partial charge in [-0.2, -0.15) is 0 Å². The van der Waals surface area contributed by atoms with Crippen molar-refractivity contribution in [3.05, 3.63) is 41.7 Å². The molecule has 0 radical (unpaired) electrons. The summed E-state index contributed by atoms with van der Waals surface area (Å²) in [5.74, 6) is -0.397. The third kappa shape index (κ3) is 2.73. The van der Waals surface area contributed by atoms with Crippen LogP contribution in [0.2, 0.25) is 0 Å². The molecule has 0 spiro atoms. The summed E-state index contributed by atoms with van der Waals surface area (Å²) in [7, 11) is 4.77. The van der Waals surface area contributed by atoms with Crippen LogP contribution in [0.4, 0.5) is 4.39 Å². The van der Waals surface area contributed by atoms with E-state index in [1.807, 2.05) is 7.05 Å². The SMILES string of the molecule is COc1cccc(C(=O)N2C[C@H](OC)C[C@H]2c2nncn2C)c1F. The van der Waals surface area contributed by atoms with Gasteiger partial charge in [0.2, 0.25) is 0 Å². The van der Waals surface area contributed by atoms with Gasteiger partial charge in [-0.3, -0.25) is 4.79 Å². The first-order chi connectivity index (χ1) is 11.6. The number of likely N-dealkylation sites (tertiary alicyclic amines) is 1. The Labute approximate surface area is 139 Å². The van der Waals surface area contributed by atoms with Crippen molar-refractivity contribution in [3.63, 3.8) is 0 Å². The fourth-order valence-corrected chi connectivity index (χ4v) is 3.02. The molecule has 7 nitrogen and oxygen atoms in total. The first kappa shape index (κ1) is 16.4. The van der Waals surface area contributed by atoms with Gasteiger partial charge in [0.15, 0.2) is 17.4 Å². The minimum atomic E-state index is -0.664. The molecule has 0 unspecified atom stereocenters. The lowest BCUT2D eigenvalue weighted by atomic mass is 10.1. The maximum atomic E-state index is 14.5. The second-order valence-electron chi connectivity index (χ2n) is 5.69. The fourth-order valence-electron chi connectivity index (χ4n) is 3.02. The first-order valence-corrected chi connectivity index (χ1v) is 7.57. The van der Waals surface area contributed by atoms with E-state index in [4.69, 9.17) is 9.47 Å². The summed E-state index contributed by atoms with van der Waals surface area (Å²) < 4.78 is 26.6. The maximum Gasteiger partial charge on any atom is 0.257 e. The van der Waals surface area contributed by atoms with Crippen LogP contribution in [0, 0.1) is 5.82 Å². The Morgan fingerprint density at radius 2 is 2.17 bits per heavy atom. The topological polar surface area (TPSA) is 69.5 Å². The van der Waals surface area contributed by atoms with Gasteiger partial charge in [0, 0.05) is 27.1 Å². The van der Waals surface area contributed by atoms with Gasteiger partial charge >= 0.3 is 0 Å². The number of ether oxygens (including phenoxy) is 2. The van der Waals surface area contributed by atoms with Crippen LogP contribution in [0.3, 0.4) is 0 Å². The second-order valence-corrected chi connectivity index (χ2v) is 5.69. The van der Waals surface area contributed by atoms with Crippen LogP contribution in [0.25, 0.3) is 0 Å². The smallest absolute Gasteiger partial charge is 0.257 e. The van der Waals surface area contributed by atoms with Crippen molar-refractivity contribution >= 4 is 5.91 Å². The quantitative estimate of drug-likeness (QED) is 0.849. The van der Waals surface area contributed by atoms with Gasteiger partial charge in [0.1, 0.15) is 6.33 Å². The minimum Gasteiger partial charge on any atom is -0.494 e. The van der Waals surface area contributed by atoms with Crippen LogP contribution in [-0.4, -0.2) is 52.4 Å². The van der Waals surface area contributed by atoms with E-state index < -0.39 is 11.7 Å². The molecular formula is C16H19FN4O3. The number of nitrogens with zero attached hydrogens (tertiary/aromatic N) is 4.